The summed E-state index contributed by atoms with van der Waals surface area (Å²) in [7, 11) is 0. The van der Waals surface area contributed by atoms with E-state index >= 15 is 0 Å². The number of carbonyl (C=O) groups excluding carboxylic acids is 1. The Morgan fingerprint density at radius 3 is 2.11 bits per heavy atom. The molecule has 0 aliphatic heterocycles. The Hall–Kier alpha value is -2.55. The SMILES string of the molecule is CC.CCCCOc1ccc(C(Oc2ccc(C=O)cc2)=C2CCC2)cc1. The van der Waals surface area contributed by atoms with E-state index in [1.54, 1.807) is 12.1 Å². The van der Waals surface area contributed by atoms with Gasteiger partial charge in [-0.1, -0.05) is 27.2 Å². The van der Waals surface area contributed by atoms with Gasteiger partial charge in [-0.15, -0.1) is 0 Å². The monoisotopic (exact) mass is 366 g/mol. The molecule has 27 heavy (non-hydrogen) atoms. The third-order valence-electron chi connectivity index (χ3n) is 4.40. The average Bonchev–Trinajstić information content (AvgIpc) is 2.69. The first-order valence-corrected chi connectivity index (χ1v) is 9.98. The summed E-state index contributed by atoms with van der Waals surface area (Å²) in [6.45, 7) is 6.91. The Morgan fingerprint density at radius 1 is 0.963 bits per heavy atom. The molecule has 2 aromatic rings. The fourth-order valence-corrected chi connectivity index (χ4v) is 2.69. The summed E-state index contributed by atoms with van der Waals surface area (Å²) >= 11 is 0. The number of carbonyl (C=O) groups is 1. The Balaban J connectivity index is 0.00000126. The standard InChI is InChI=1S/C22H24O3.C2H6/c1-2-3-15-24-20-13-9-19(10-14-20)22(18-5-4-6-18)25-21-11-7-17(16-23)8-12-21;1-2/h7-14,16H,2-6,15H2,1H3;1-2H3. The number of rotatable bonds is 8. The Kier molecular flexibility index (Phi) is 8.63. The minimum absolute atomic E-state index is 0.652. The second kappa shape index (κ2) is 11.2. The van der Waals surface area contributed by atoms with Gasteiger partial charge in [0, 0.05) is 11.1 Å². The van der Waals surface area contributed by atoms with Gasteiger partial charge < -0.3 is 9.47 Å². The van der Waals surface area contributed by atoms with Gasteiger partial charge in [0.2, 0.25) is 0 Å². The minimum Gasteiger partial charge on any atom is -0.494 e. The van der Waals surface area contributed by atoms with Gasteiger partial charge in [-0.25, -0.2) is 0 Å². The van der Waals surface area contributed by atoms with Crippen LogP contribution in [0.2, 0.25) is 0 Å². The van der Waals surface area contributed by atoms with Gasteiger partial charge in [0.1, 0.15) is 23.5 Å². The highest BCUT2D eigenvalue weighted by Gasteiger charge is 2.18. The highest BCUT2D eigenvalue weighted by molar-refractivity contribution is 5.75. The zero-order valence-electron chi connectivity index (χ0n) is 16.7. The lowest BCUT2D eigenvalue weighted by Crippen LogP contribution is -2.07. The lowest BCUT2D eigenvalue weighted by atomic mass is 9.89. The topological polar surface area (TPSA) is 35.5 Å². The molecule has 3 heteroatoms. The number of allylic oxidation sites excluding steroid dienone is 1. The van der Waals surface area contributed by atoms with Crippen LogP contribution in [0.4, 0.5) is 0 Å². The molecule has 0 N–H and O–H groups in total. The molecule has 0 radical (unpaired) electrons. The van der Waals surface area contributed by atoms with Crippen molar-refractivity contribution in [2.24, 2.45) is 0 Å². The van der Waals surface area contributed by atoms with Crippen LogP contribution in [0.25, 0.3) is 5.76 Å². The fourth-order valence-electron chi connectivity index (χ4n) is 2.69. The molecule has 0 heterocycles. The van der Waals surface area contributed by atoms with Gasteiger partial charge in [-0.2, -0.15) is 0 Å². The predicted octanol–water partition coefficient (Wildman–Crippen LogP) is 6.68. The van der Waals surface area contributed by atoms with Crippen molar-refractivity contribution in [3.05, 3.63) is 65.2 Å². The summed E-state index contributed by atoms with van der Waals surface area (Å²) in [5, 5.41) is 0. The van der Waals surface area contributed by atoms with E-state index in [2.05, 4.69) is 19.1 Å². The van der Waals surface area contributed by atoms with Crippen LogP contribution in [0.3, 0.4) is 0 Å². The van der Waals surface area contributed by atoms with E-state index in [4.69, 9.17) is 9.47 Å². The number of benzene rings is 2. The Morgan fingerprint density at radius 2 is 1.59 bits per heavy atom. The lowest BCUT2D eigenvalue weighted by Gasteiger charge is -2.22. The quantitative estimate of drug-likeness (QED) is 0.297. The van der Waals surface area contributed by atoms with Gasteiger partial charge in [0.15, 0.2) is 0 Å². The maximum atomic E-state index is 10.8. The minimum atomic E-state index is 0.652. The molecule has 0 saturated heterocycles. The maximum absolute atomic E-state index is 10.8. The van der Waals surface area contributed by atoms with Crippen molar-refractivity contribution >= 4 is 12.0 Å². The Bertz CT molecular complexity index is 721. The van der Waals surface area contributed by atoms with Crippen molar-refractivity contribution in [3.8, 4) is 11.5 Å². The van der Waals surface area contributed by atoms with E-state index in [-0.39, 0.29) is 0 Å². The molecule has 3 rings (SSSR count). The molecule has 144 valence electrons. The van der Waals surface area contributed by atoms with Crippen molar-refractivity contribution < 1.29 is 14.3 Å². The van der Waals surface area contributed by atoms with E-state index < -0.39 is 0 Å². The molecule has 1 aliphatic rings. The zero-order chi connectivity index (χ0) is 19.5. The van der Waals surface area contributed by atoms with Gasteiger partial charge >= 0.3 is 0 Å². The van der Waals surface area contributed by atoms with Crippen molar-refractivity contribution in [1.82, 2.24) is 0 Å². The van der Waals surface area contributed by atoms with E-state index in [1.165, 1.54) is 12.0 Å². The number of hydrogen-bond acceptors (Lipinski definition) is 3. The summed E-state index contributed by atoms with van der Waals surface area (Å²) in [6, 6.07) is 15.3. The largest absolute Gasteiger partial charge is 0.494 e. The van der Waals surface area contributed by atoms with Crippen molar-refractivity contribution in [2.75, 3.05) is 6.61 Å². The fraction of sp³-hybridized carbons (Fsp3) is 0.375. The van der Waals surface area contributed by atoms with Crippen molar-refractivity contribution in [1.29, 1.82) is 0 Å². The first-order chi connectivity index (χ1) is 13.3. The van der Waals surface area contributed by atoms with Crippen LogP contribution < -0.4 is 9.47 Å². The number of aldehydes is 1. The third kappa shape index (κ3) is 5.99. The van der Waals surface area contributed by atoms with Gasteiger partial charge in [0.05, 0.1) is 6.61 Å². The van der Waals surface area contributed by atoms with Crippen LogP contribution in [-0.4, -0.2) is 12.9 Å². The summed E-state index contributed by atoms with van der Waals surface area (Å²) in [6.07, 6.45) is 6.41. The molecule has 0 amide bonds. The van der Waals surface area contributed by atoms with Gasteiger partial charge in [-0.05, 0) is 79.8 Å². The van der Waals surface area contributed by atoms with E-state index in [0.29, 0.717) is 5.56 Å². The first-order valence-electron chi connectivity index (χ1n) is 9.98. The molecule has 1 aliphatic carbocycles. The molecule has 3 nitrogen and oxygen atoms in total. The Labute approximate surface area is 163 Å². The predicted molar refractivity (Wildman–Crippen MR) is 111 cm³/mol. The molecule has 1 saturated carbocycles. The van der Waals surface area contributed by atoms with Crippen LogP contribution in [0.15, 0.2) is 54.1 Å². The van der Waals surface area contributed by atoms with Crippen molar-refractivity contribution in [2.45, 2.75) is 52.9 Å². The zero-order valence-corrected chi connectivity index (χ0v) is 16.7. The molecular weight excluding hydrogens is 336 g/mol. The van der Waals surface area contributed by atoms with Crippen LogP contribution in [0.1, 0.15) is 68.8 Å². The van der Waals surface area contributed by atoms with Crippen LogP contribution in [0, 0.1) is 0 Å². The molecule has 0 bridgehead atoms. The second-order valence-electron chi connectivity index (χ2n) is 6.30. The molecular formula is C24H30O3. The van der Waals surface area contributed by atoms with E-state index in [9.17, 15) is 4.79 Å². The molecule has 0 atom stereocenters. The first kappa shape index (κ1) is 20.8. The summed E-state index contributed by atoms with van der Waals surface area (Å²) in [5.41, 5.74) is 3.06. The molecule has 0 aromatic heterocycles. The average molecular weight is 367 g/mol. The molecule has 1 fully saturated rings. The molecule has 2 aromatic carbocycles. The van der Waals surface area contributed by atoms with Crippen molar-refractivity contribution in [3.63, 3.8) is 0 Å². The summed E-state index contributed by atoms with van der Waals surface area (Å²) in [5.74, 6) is 2.58. The summed E-state index contributed by atoms with van der Waals surface area (Å²) in [4.78, 5) is 10.8. The number of ether oxygens (including phenoxy) is 2. The summed E-state index contributed by atoms with van der Waals surface area (Å²) < 4.78 is 11.9. The van der Waals surface area contributed by atoms with Crippen LogP contribution in [0.5, 0.6) is 11.5 Å². The lowest BCUT2D eigenvalue weighted by molar-refractivity contribution is 0.112. The smallest absolute Gasteiger partial charge is 0.150 e. The van der Waals surface area contributed by atoms with Gasteiger partial charge in [-0.3, -0.25) is 4.79 Å². The maximum Gasteiger partial charge on any atom is 0.150 e. The van der Waals surface area contributed by atoms with Crippen LogP contribution >= 0.6 is 0 Å². The van der Waals surface area contributed by atoms with E-state index in [1.807, 2.05) is 38.1 Å². The third-order valence-corrected chi connectivity index (χ3v) is 4.40. The highest BCUT2D eigenvalue weighted by Crippen LogP contribution is 2.35. The number of hydrogen-bond donors (Lipinski definition) is 0. The van der Waals surface area contributed by atoms with Crippen LogP contribution in [-0.2, 0) is 0 Å². The molecule has 0 spiro atoms. The molecule has 0 unspecified atom stereocenters. The van der Waals surface area contributed by atoms with Gasteiger partial charge in [0.25, 0.3) is 0 Å². The number of unbranched alkanes of at least 4 members (excludes halogenated alkanes) is 1. The highest BCUT2D eigenvalue weighted by atomic mass is 16.5. The normalized spacial score (nSPS) is 12.3. The second-order valence-corrected chi connectivity index (χ2v) is 6.30. The van der Waals surface area contributed by atoms with E-state index in [0.717, 1.165) is 61.4 Å².